The van der Waals surface area contributed by atoms with Gasteiger partial charge in [-0.05, 0) is 54.4 Å². The van der Waals surface area contributed by atoms with Gasteiger partial charge in [-0.25, -0.2) is 4.79 Å². The summed E-state index contributed by atoms with van der Waals surface area (Å²) in [6.45, 7) is 2.01. The van der Waals surface area contributed by atoms with E-state index >= 15 is 0 Å². The van der Waals surface area contributed by atoms with Crippen LogP contribution in [0.25, 0.3) is 0 Å². The Morgan fingerprint density at radius 2 is 1.80 bits per heavy atom. The zero-order valence-electron chi connectivity index (χ0n) is 22.4. The number of carbonyl (C=O) groups excluding carboxylic acids is 3. The van der Waals surface area contributed by atoms with E-state index in [1.165, 1.54) is 19.4 Å². The van der Waals surface area contributed by atoms with E-state index < -0.39 is 29.9 Å². The Hall–Kier alpha value is -4.64. The summed E-state index contributed by atoms with van der Waals surface area (Å²) in [4.78, 5) is 57.8. The minimum Gasteiger partial charge on any atom is -0.481 e. The topological polar surface area (TPSA) is 141 Å². The molecule has 0 radical (unpaired) electrons. The van der Waals surface area contributed by atoms with E-state index in [2.05, 4.69) is 15.6 Å². The van der Waals surface area contributed by atoms with E-state index in [1.807, 2.05) is 4.90 Å². The van der Waals surface area contributed by atoms with Crippen molar-refractivity contribution in [3.8, 4) is 0 Å². The molecular formula is C29H30ClN5O6. The quantitative estimate of drug-likeness (QED) is 0.360. The molecule has 3 aromatic rings. The molecule has 3 amide bonds. The van der Waals surface area contributed by atoms with Gasteiger partial charge in [0, 0.05) is 54.7 Å². The summed E-state index contributed by atoms with van der Waals surface area (Å²) in [5.74, 6) is -2.01. The van der Waals surface area contributed by atoms with Crippen LogP contribution in [0.5, 0.6) is 0 Å². The van der Waals surface area contributed by atoms with Crippen molar-refractivity contribution in [2.75, 3.05) is 43.5 Å². The number of benzene rings is 2. The number of carboxylic acids is 1. The van der Waals surface area contributed by atoms with Crippen LogP contribution < -0.4 is 15.5 Å². The van der Waals surface area contributed by atoms with Crippen molar-refractivity contribution in [3.05, 3.63) is 88.7 Å². The van der Waals surface area contributed by atoms with Gasteiger partial charge in [0.25, 0.3) is 11.8 Å². The van der Waals surface area contributed by atoms with Gasteiger partial charge in [-0.15, -0.1) is 0 Å². The maximum absolute atomic E-state index is 13.3. The number of ether oxygens (including phenoxy) is 1. The minimum atomic E-state index is -1.08. The van der Waals surface area contributed by atoms with Gasteiger partial charge < -0.3 is 30.3 Å². The highest BCUT2D eigenvalue weighted by atomic mass is 35.5. The molecule has 0 spiro atoms. The molecular weight excluding hydrogens is 550 g/mol. The number of carboxylic acid groups (broad SMARTS) is 1. The van der Waals surface area contributed by atoms with Crippen molar-refractivity contribution in [2.45, 2.75) is 18.9 Å². The van der Waals surface area contributed by atoms with Crippen LogP contribution in [0.4, 0.5) is 16.2 Å². The normalized spacial score (nSPS) is 14.0. The molecule has 1 atom stereocenters. The van der Waals surface area contributed by atoms with Crippen molar-refractivity contribution >= 4 is 46.9 Å². The molecule has 0 aliphatic carbocycles. The number of nitrogens with zero attached hydrogens (tertiary/aromatic N) is 3. The van der Waals surface area contributed by atoms with E-state index in [9.17, 15) is 24.3 Å². The lowest BCUT2D eigenvalue weighted by Crippen LogP contribution is -2.35. The van der Waals surface area contributed by atoms with Crippen LogP contribution in [-0.2, 0) is 9.53 Å². The Morgan fingerprint density at radius 1 is 1.00 bits per heavy atom. The average molecular weight is 580 g/mol. The van der Waals surface area contributed by atoms with Crippen LogP contribution in [0.3, 0.4) is 0 Å². The second kappa shape index (κ2) is 13.6. The Bertz CT molecular complexity index is 1420. The third-order valence-electron chi connectivity index (χ3n) is 6.63. The zero-order chi connectivity index (χ0) is 29.4. The summed E-state index contributed by atoms with van der Waals surface area (Å²) in [5.41, 5.74) is 2.15. The molecule has 0 bridgehead atoms. The number of halogens is 1. The number of hydrogen-bond donors (Lipinski definition) is 3. The molecule has 1 saturated heterocycles. The Balaban J connectivity index is 1.64. The number of amides is 3. The molecule has 1 aliphatic rings. The molecule has 2 heterocycles. The number of aromatic nitrogens is 1. The van der Waals surface area contributed by atoms with E-state index in [0.29, 0.717) is 60.1 Å². The SMILES string of the molecule is COC(=O)N1CCCN(c2ccc(C(=O)NC(CC(=O)O)c3cccnc3)cc2NC(=O)c2cccc(Cl)c2)CC1. The first-order chi connectivity index (χ1) is 19.7. The molecule has 3 N–H and O–H groups in total. The number of hydrogen-bond acceptors (Lipinski definition) is 7. The summed E-state index contributed by atoms with van der Waals surface area (Å²) in [6.07, 6.45) is 2.99. The Labute approximate surface area is 242 Å². The predicted molar refractivity (Wildman–Crippen MR) is 153 cm³/mol. The van der Waals surface area contributed by atoms with Gasteiger partial charge >= 0.3 is 12.1 Å². The van der Waals surface area contributed by atoms with Crippen molar-refractivity contribution in [1.82, 2.24) is 15.2 Å². The van der Waals surface area contributed by atoms with Crippen LogP contribution in [0, 0.1) is 0 Å². The summed E-state index contributed by atoms with van der Waals surface area (Å²) >= 11 is 6.09. The van der Waals surface area contributed by atoms with Crippen molar-refractivity contribution < 1.29 is 29.0 Å². The van der Waals surface area contributed by atoms with Crippen molar-refractivity contribution in [1.29, 1.82) is 0 Å². The number of nitrogens with one attached hydrogen (secondary N) is 2. The smallest absolute Gasteiger partial charge is 0.409 e. The maximum atomic E-state index is 13.3. The first-order valence-electron chi connectivity index (χ1n) is 13.0. The van der Waals surface area contributed by atoms with E-state index in [1.54, 1.807) is 59.6 Å². The van der Waals surface area contributed by atoms with E-state index in [0.717, 1.165) is 0 Å². The fourth-order valence-electron chi connectivity index (χ4n) is 4.60. The molecule has 41 heavy (non-hydrogen) atoms. The molecule has 2 aromatic carbocycles. The van der Waals surface area contributed by atoms with Crippen LogP contribution in [0.1, 0.15) is 45.2 Å². The van der Waals surface area contributed by atoms with Crippen LogP contribution >= 0.6 is 11.6 Å². The van der Waals surface area contributed by atoms with Gasteiger partial charge in [-0.1, -0.05) is 23.7 Å². The number of anilines is 2. The van der Waals surface area contributed by atoms with Crippen molar-refractivity contribution in [2.24, 2.45) is 0 Å². The molecule has 214 valence electrons. The third-order valence-corrected chi connectivity index (χ3v) is 6.87. The fourth-order valence-corrected chi connectivity index (χ4v) is 4.79. The van der Waals surface area contributed by atoms with E-state index in [4.69, 9.17) is 16.3 Å². The highest BCUT2D eigenvalue weighted by molar-refractivity contribution is 6.31. The first-order valence-corrected chi connectivity index (χ1v) is 13.3. The molecule has 4 rings (SSSR count). The van der Waals surface area contributed by atoms with Crippen LogP contribution in [-0.4, -0.2) is 72.2 Å². The number of methoxy groups -OCH3 is 1. The lowest BCUT2D eigenvalue weighted by atomic mass is 10.0. The average Bonchev–Trinajstić information content (AvgIpc) is 3.23. The molecule has 1 aliphatic heterocycles. The van der Waals surface area contributed by atoms with Crippen molar-refractivity contribution in [3.63, 3.8) is 0 Å². The molecule has 0 saturated carbocycles. The monoisotopic (exact) mass is 579 g/mol. The molecule has 1 unspecified atom stereocenters. The number of rotatable bonds is 8. The van der Waals surface area contributed by atoms with Gasteiger partial charge in [0.1, 0.15) is 0 Å². The van der Waals surface area contributed by atoms with Gasteiger partial charge in [-0.2, -0.15) is 0 Å². The fraction of sp³-hybridized carbons (Fsp3) is 0.276. The number of pyridine rings is 1. The summed E-state index contributed by atoms with van der Waals surface area (Å²) < 4.78 is 4.87. The Morgan fingerprint density at radius 3 is 2.51 bits per heavy atom. The standard InChI is InChI=1S/C29H30ClN5O6/c1-41-29(40)35-12-4-11-34(13-14-35)25-9-8-20(16-24(25)33-27(38)19-5-2-7-22(30)15-19)28(39)32-23(17-26(36)37)21-6-3-10-31-18-21/h2-3,5-10,15-16,18,23H,4,11-14,17H2,1H3,(H,32,39)(H,33,38)(H,36,37). The van der Waals surface area contributed by atoms with E-state index in [-0.39, 0.29) is 12.0 Å². The van der Waals surface area contributed by atoms with Gasteiger partial charge in [-0.3, -0.25) is 19.4 Å². The van der Waals surface area contributed by atoms with Crippen LogP contribution in [0.15, 0.2) is 67.0 Å². The first kappa shape index (κ1) is 29.3. The molecule has 12 heteroatoms. The summed E-state index contributed by atoms with van der Waals surface area (Å²) in [5, 5.41) is 15.5. The summed E-state index contributed by atoms with van der Waals surface area (Å²) in [7, 11) is 1.34. The van der Waals surface area contributed by atoms with Gasteiger partial charge in [0.05, 0.1) is 30.9 Å². The maximum Gasteiger partial charge on any atom is 0.409 e. The number of carbonyl (C=O) groups is 4. The third kappa shape index (κ3) is 7.73. The predicted octanol–water partition coefficient (Wildman–Crippen LogP) is 4.21. The number of aliphatic carboxylic acids is 1. The van der Waals surface area contributed by atoms with Gasteiger partial charge in [0.15, 0.2) is 0 Å². The second-order valence-electron chi connectivity index (χ2n) is 9.40. The molecule has 1 fully saturated rings. The highest BCUT2D eigenvalue weighted by Crippen LogP contribution is 2.30. The highest BCUT2D eigenvalue weighted by Gasteiger charge is 2.24. The zero-order valence-corrected chi connectivity index (χ0v) is 23.1. The molecule has 1 aromatic heterocycles. The molecule has 11 nitrogen and oxygen atoms in total. The summed E-state index contributed by atoms with van der Waals surface area (Å²) in [6, 6.07) is 13.9. The Kier molecular flexibility index (Phi) is 9.75. The minimum absolute atomic E-state index is 0.223. The second-order valence-corrected chi connectivity index (χ2v) is 9.84. The van der Waals surface area contributed by atoms with Crippen LogP contribution in [0.2, 0.25) is 5.02 Å². The lowest BCUT2D eigenvalue weighted by Gasteiger charge is -2.26. The lowest BCUT2D eigenvalue weighted by molar-refractivity contribution is -0.137. The van der Waals surface area contributed by atoms with Gasteiger partial charge in [0.2, 0.25) is 0 Å². The largest absolute Gasteiger partial charge is 0.481 e.